The fourth-order valence-corrected chi connectivity index (χ4v) is 3.53. The molecule has 0 aromatic heterocycles. The van der Waals surface area contributed by atoms with E-state index in [1.165, 1.54) is 0 Å². The van der Waals surface area contributed by atoms with Gasteiger partial charge in [-0.05, 0) is 37.8 Å². The summed E-state index contributed by atoms with van der Waals surface area (Å²) in [7, 11) is 1.83. The zero-order valence-corrected chi connectivity index (χ0v) is 16.8. The Kier molecular flexibility index (Phi) is 7.94. The summed E-state index contributed by atoms with van der Waals surface area (Å²) in [5, 5.41) is 3.51. The number of para-hydroxylation sites is 1. The molecule has 1 aromatic rings. The van der Waals surface area contributed by atoms with Crippen molar-refractivity contribution >= 4 is 40.7 Å². The van der Waals surface area contributed by atoms with Crippen LogP contribution in [0.1, 0.15) is 32.6 Å². The molecule has 0 radical (unpaired) electrons. The average molecular weight is 399 g/mol. The maximum absolute atomic E-state index is 12.7. The number of rotatable bonds is 8. The quantitative estimate of drug-likeness (QED) is 0.707. The number of carbonyl (C=O) groups is 2. The lowest BCUT2D eigenvalue weighted by molar-refractivity contribution is -0.862. The van der Waals surface area contributed by atoms with Crippen LogP contribution >= 0.6 is 23.2 Å². The summed E-state index contributed by atoms with van der Waals surface area (Å²) in [4.78, 5) is 27.6. The summed E-state index contributed by atoms with van der Waals surface area (Å²) < 4.78 is 0. The number of halogens is 2. The van der Waals surface area contributed by atoms with Crippen molar-refractivity contribution in [3.63, 3.8) is 0 Å². The van der Waals surface area contributed by atoms with E-state index >= 15 is 0 Å². The molecular weight excluding hydrogens is 373 g/mol. The number of nitrogens with one attached hydrogen (secondary N) is 2. The molecule has 5 nitrogen and oxygen atoms in total. The third-order valence-electron chi connectivity index (χ3n) is 4.25. The van der Waals surface area contributed by atoms with Crippen molar-refractivity contribution in [2.45, 2.75) is 32.6 Å². The summed E-state index contributed by atoms with van der Waals surface area (Å²) >= 11 is 12.1. The van der Waals surface area contributed by atoms with Crippen molar-refractivity contribution in [3.8, 4) is 0 Å². The Labute approximate surface area is 164 Å². The van der Waals surface area contributed by atoms with E-state index in [1.807, 2.05) is 11.9 Å². The first kappa shape index (κ1) is 20.7. The Morgan fingerprint density at radius 1 is 1.23 bits per heavy atom. The minimum absolute atomic E-state index is 0.0566. The number of nitrogens with zero attached hydrogens (tertiary/aromatic N) is 1. The van der Waals surface area contributed by atoms with Crippen LogP contribution in [0.3, 0.4) is 0 Å². The van der Waals surface area contributed by atoms with Gasteiger partial charge in [0.05, 0.1) is 22.8 Å². The van der Waals surface area contributed by atoms with E-state index in [0.717, 1.165) is 42.8 Å². The van der Waals surface area contributed by atoms with Gasteiger partial charge in [0.1, 0.15) is 0 Å². The topological polar surface area (TPSA) is 53.9 Å². The van der Waals surface area contributed by atoms with Gasteiger partial charge in [0.15, 0.2) is 13.1 Å². The van der Waals surface area contributed by atoms with Gasteiger partial charge in [-0.15, -0.1) is 0 Å². The minimum Gasteiger partial charge on any atom is -0.322 e. The average Bonchev–Trinajstić information content (AvgIpc) is 3.10. The molecular formula is C19H26Cl2N3O2+. The number of benzene rings is 1. The van der Waals surface area contributed by atoms with Crippen LogP contribution in [0.4, 0.5) is 5.69 Å². The highest BCUT2D eigenvalue weighted by atomic mass is 35.5. The van der Waals surface area contributed by atoms with Gasteiger partial charge in [-0.1, -0.05) is 42.3 Å². The van der Waals surface area contributed by atoms with Gasteiger partial charge in [-0.3, -0.25) is 9.59 Å². The maximum Gasteiger partial charge on any atom is 0.281 e. The second-order valence-electron chi connectivity index (χ2n) is 6.59. The summed E-state index contributed by atoms with van der Waals surface area (Å²) in [6.45, 7) is 3.21. The molecule has 0 fully saturated rings. The second-order valence-corrected chi connectivity index (χ2v) is 7.40. The van der Waals surface area contributed by atoms with Crippen LogP contribution in [0.2, 0.25) is 10.0 Å². The minimum atomic E-state index is -0.229. The van der Waals surface area contributed by atoms with Crippen LogP contribution < -0.4 is 10.2 Å². The summed E-state index contributed by atoms with van der Waals surface area (Å²) in [5.41, 5.74) is 1.53. The van der Waals surface area contributed by atoms with Crippen molar-refractivity contribution in [1.82, 2.24) is 4.90 Å². The van der Waals surface area contributed by atoms with E-state index in [2.05, 4.69) is 18.3 Å². The van der Waals surface area contributed by atoms with E-state index in [0.29, 0.717) is 15.7 Å². The van der Waals surface area contributed by atoms with Crippen molar-refractivity contribution in [2.75, 3.05) is 32.0 Å². The molecule has 1 unspecified atom stereocenters. The predicted octanol–water partition coefficient (Wildman–Crippen LogP) is 2.75. The highest BCUT2D eigenvalue weighted by Crippen LogP contribution is 2.29. The van der Waals surface area contributed by atoms with E-state index in [1.54, 1.807) is 18.2 Å². The van der Waals surface area contributed by atoms with Gasteiger partial charge in [0.2, 0.25) is 0 Å². The maximum atomic E-state index is 12.7. The third-order valence-corrected chi connectivity index (χ3v) is 4.88. The lowest BCUT2D eigenvalue weighted by atomic mass is 10.2. The standard InChI is InChI=1S/C19H25Cl2N3O2/c1-3-11-24(14-7-4-5-8-14)18(26)13-23(2)12-17(25)22-19-15(20)9-6-10-16(19)21/h6-7,9-10H,3-5,8,11-13H2,1-2H3,(H,22,25)/p+1. The lowest BCUT2D eigenvalue weighted by Crippen LogP contribution is -3.11. The molecule has 1 aromatic carbocycles. The zero-order chi connectivity index (χ0) is 19.1. The Hall–Kier alpha value is -1.56. The fraction of sp³-hybridized carbons (Fsp3) is 0.474. The number of carbonyl (C=O) groups excluding carboxylic acids is 2. The van der Waals surface area contributed by atoms with Crippen LogP contribution in [-0.4, -0.2) is 43.4 Å². The molecule has 0 bridgehead atoms. The molecule has 0 spiro atoms. The molecule has 7 heteroatoms. The number of amides is 2. The second kappa shape index (κ2) is 9.95. The SMILES string of the molecule is CCCN(C(=O)C[NH+](C)CC(=O)Nc1c(Cl)cccc1Cl)C1=CCCC1. The number of quaternary nitrogens is 1. The molecule has 0 heterocycles. The van der Waals surface area contributed by atoms with Crippen LogP contribution in [0, 0.1) is 0 Å². The molecule has 1 aliphatic rings. The first-order valence-electron chi connectivity index (χ1n) is 8.97. The van der Waals surface area contributed by atoms with E-state index in [4.69, 9.17) is 23.2 Å². The zero-order valence-electron chi connectivity index (χ0n) is 15.3. The van der Waals surface area contributed by atoms with Crippen molar-refractivity contribution in [1.29, 1.82) is 0 Å². The van der Waals surface area contributed by atoms with Gasteiger partial charge in [0.25, 0.3) is 11.8 Å². The Morgan fingerprint density at radius 3 is 2.50 bits per heavy atom. The number of hydrogen-bond acceptors (Lipinski definition) is 2. The summed E-state index contributed by atoms with van der Waals surface area (Å²) in [6, 6.07) is 5.05. The molecule has 26 heavy (non-hydrogen) atoms. The first-order valence-corrected chi connectivity index (χ1v) is 9.72. The molecule has 0 saturated carbocycles. The monoisotopic (exact) mass is 398 g/mol. The van der Waals surface area contributed by atoms with E-state index < -0.39 is 0 Å². The molecule has 0 aliphatic heterocycles. The third kappa shape index (κ3) is 5.73. The highest BCUT2D eigenvalue weighted by molar-refractivity contribution is 6.39. The molecule has 1 aliphatic carbocycles. The van der Waals surface area contributed by atoms with Crippen LogP contribution in [0.25, 0.3) is 0 Å². The largest absolute Gasteiger partial charge is 0.322 e. The number of likely N-dealkylation sites (N-methyl/N-ethyl adjacent to an activating group) is 1. The van der Waals surface area contributed by atoms with Gasteiger partial charge in [-0.2, -0.15) is 0 Å². The van der Waals surface area contributed by atoms with Gasteiger partial charge < -0.3 is 15.1 Å². The predicted molar refractivity (Wildman–Crippen MR) is 106 cm³/mol. The Morgan fingerprint density at radius 2 is 1.92 bits per heavy atom. The Balaban J connectivity index is 1.91. The van der Waals surface area contributed by atoms with Crippen molar-refractivity contribution in [2.24, 2.45) is 0 Å². The first-order chi connectivity index (χ1) is 12.4. The van der Waals surface area contributed by atoms with Gasteiger partial charge in [0, 0.05) is 12.2 Å². The molecule has 142 valence electrons. The van der Waals surface area contributed by atoms with Gasteiger partial charge >= 0.3 is 0 Å². The fourth-order valence-electron chi connectivity index (χ4n) is 3.04. The van der Waals surface area contributed by atoms with Crippen molar-refractivity contribution in [3.05, 3.63) is 40.0 Å². The lowest BCUT2D eigenvalue weighted by Gasteiger charge is -2.24. The number of hydrogen-bond donors (Lipinski definition) is 2. The highest BCUT2D eigenvalue weighted by Gasteiger charge is 2.23. The molecule has 1 atom stereocenters. The normalized spacial score (nSPS) is 14.7. The summed E-state index contributed by atoms with van der Waals surface area (Å²) in [6.07, 6.45) is 6.15. The number of allylic oxidation sites excluding steroid dienone is 2. The summed E-state index contributed by atoms with van der Waals surface area (Å²) in [5.74, 6) is -0.173. The Bertz CT molecular complexity index is 671. The smallest absolute Gasteiger partial charge is 0.281 e. The molecule has 2 N–H and O–H groups in total. The van der Waals surface area contributed by atoms with Crippen LogP contribution in [0.15, 0.2) is 30.0 Å². The van der Waals surface area contributed by atoms with E-state index in [-0.39, 0.29) is 24.9 Å². The van der Waals surface area contributed by atoms with Crippen LogP contribution in [0.5, 0.6) is 0 Å². The van der Waals surface area contributed by atoms with Crippen LogP contribution in [-0.2, 0) is 9.59 Å². The molecule has 0 saturated heterocycles. The molecule has 2 amide bonds. The van der Waals surface area contributed by atoms with Crippen molar-refractivity contribution < 1.29 is 14.5 Å². The number of anilines is 1. The van der Waals surface area contributed by atoms with Gasteiger partial charge in [-0.25, -0.2) is 0 Å². The van der Waals surface area contributed by atoms with E-state index in [9.17, 15) is 9.59 Å². The molecule has 2 rings (SSSR count).